The topological polar surface area (TPSA) is 58.6 Å². The third-order valence-electron chi connectivity index (χ3n) is 4.96. The van der Waals surface area contributed by atoms with Crippen molar-refractivity contribution in [3.63, 3.8) is 0 Å². The molecule has 3 fully saturated rings. The number of hydrogen-bond donors (Lipinski definition) is 2. The lowest BCUT2D eigenvalue weighted by Crippen LogP contribution is -2.37. The number of nitrogens with one attached hydrogen (secondary N) is 1. The van der Waals surface area contributed by atoms with Gasteiger partial charge in [0.2, 0.25) is 5.91 Å². The lowest BCUT2D eigenvalue weighted by atomic mass is 9.75. The Balaban J connectivity index is 1.81. The van der Waals surface area contributed by atoms with Gasteiger partial charge in [-0.05, 0) is 30.4 Å². The van der Waals surface area contributed by atoms with Crippen molar-refractivity contribution in [3.05, 3.63) is 35.4 Å². The number of carbonyl (C=O) groups excluding carboxylic acids is 1. The van der Waals surface area contributed by atoms with Gasteiger partial charge in [-0.15, -0.1) is 0 Å². The van der Waals surface area contributed by atoms with Crippen LogP contribution in [0.5, 0.6) is 0 Å². The maximum absolute atomic E-state index is 12.2. The molecule has 1 aromatic carbocycles. The summed E-state index contributed by atoms with van der Waals surface area (Å²) in [5, 5.41) is 12.6. The zero-order chi connectivity index (χ0) is 13.0. The van der Waals surface area contributed by atoms with Crippen LogP contribution >= 0.6 is 0 Å². The van der Waals surface area contributed by atoms with Crippen molar-refractivity contribution in [1.82, 2.24) is 5.32 Å². The van der Waals surface area contributed by atoms with Crippen LogP contribution < -0.4 is 5.32 Å². The van der Waals surface area contributed by atoms with Gasteiger partial charge in [-0.1, -0.05) is 24.3 Å². The van der Waals surface area contributed by atoms with Crippen LogP contribution in [-0.2, 0) is 16.1 Å². The molecule has 2 N–H and O–H groups in total. The monoisotopic (exact) mass is 259 g/mol. The fourth-order valence-corrected chi connectivity index (χ4v) is 4.11. The Labute approximate surface area is 111 Å². The summed E-state index contributed by atoms with van der Waals surface area (Å²) in [6.45, 7) is -0.00722. The third kappa shape index (κ3) is 1.38. The van der Waals surface area contributed by atoms with Crippen molar-refractivity contribution >= 4 is 5.91 Å². The van der Waals surface area contributed by atoms with E-state index in [1.807, 2.05) is 24.3 Å². The van der Waals surface area contributed by atoms with E-state index in [0.29, 0.717) is 0 Å². The van der Waals surface area contributed by atoms with Gasteiger partial charge in [0.1, 0.15) is 5.60 Å². The molecule has 4 rings (SSSR count). The molecule has 4 nitrogen and oxygen atoms in total. The Morgan fingerprint density at radius 3 is 3.05 bits per heavy atom. The van der Waals surface area contributed by atoms with Gasteiger partial charge < -0.3 is 15.2 Å². The maximum atomic E-state index is 12.2. The average molecular weight is 259 g/mol. The number of amides is 1. The lowest BCUT2D eigenvalue weighted by molar-refractivity contribution is -0.123. The standard InChI is InChI=1S/C15H17NO3/c17-8-9-3-1-2-4-11(9)13-15-6-5-10(19-15)7-12(15)14(18)16-13/h1-4,10,12-13,17H,5-8H2,(H,16,18)/t10-,12+,13-,15+/m0/s1. The molecule has 4 atom stereocenters. The first-order chi connectivity index (χ1) is 9.24. The molecular weight excluding hydrogens is 242 g/mol. The van der Waals surface area contributed by atoms with Gasteiger partial charge in [-0.25, -0.2) is 0 Å². The van der Waals surface area contributed by atoms with Crippen molar-refractivity contribution in [2.24, 2.45) is 5.92 Å². The Morgan fingerprint density at radius 1 is 1.42 bits per heavy atom. The average Bonchev–Trinajstić information content (AvgIpc) is 3.09. The van der Waals surface area contributed by atoms with E-state index >= 15 is 0 Å². The van der Waals surface area contributed by atoms with Crippen LogP contribution in [0.2, 0.25) is 0 Å². The maximum Gasteiger partial charge on any atom is 0.226 e. The highest BCUT2D eigenvalue weighted by atomic mass is 16.5. The second kappa shape index (κ2) is 3.81. The Kier molecular flexibility index (Phi) is 2.29. The van der Waals surface area contributed by atoms with Crippen LogP contribution in [0.15, 0.2) is 24.3 Å². The largest absolute Gasteiger partial charge is 0.392 e. The SMILES string of the molecule is O=C1N[C@@H](c2ccccc2CO)[C@@]23CC[C@@H](C[C@H]12)O3. The minimum Gasteiger partial charge on any atom is -0.392 e. The Morgan fingerprint density at radius 2 is 2.26 bits per heavy atom. The molecule has 0 unspecified atom stereocenters. The molecule has 0 aliphatic carbocycles. The zero-order valence-corrected chi connectivity index (χ0v) is 10.6. The third-order valence-corrected chi connectivity index (χ3v) is 4.96. The first-order valence-corrected chi connectivity index (χ1v) is 6.91. The van der Waals surface area contributed by atoms with E-state index in [1.165, 1.54) is 0 Å². The van der Waals surface area contributed by atoms with Crippen LogP contribution in [0.25, 0.3) is 0 Å². The number of aliphatic hydroxyl groups is 1. The van der Waals surface area contributed by atoms with Crippen LogP contribution in [0, 0.1) is 5.92 Å². The van der Waals surface area contributed by atoms with Gasteiger partial charge >= 0.3 is 0 Å². The van der Waals surface area contributed by atoms with E-state index < -0.39 is 0 Å². The van der Waals surface area contributed by atoms with Crippen LogP contribution in [-0.4, -0.2) is 22.7 Å². The fourth-order valence-electron chi connectivity index (χ4n) is 4.11. The summed E-state index contributed by atoms with van der Waals surface area (Å²) in [4.78, 5) is 12.2. The summed E-state index contributed by atoms with van der Waals surface area (Å²) >= 11 is 0. The number of rotatable bonds is 2. The van der Waals surface area contributed by atoms with Crippen molar-refractivity contribution in [1.29, 1.82) is 0 Å². The van der Waals surface area contributed by atoms with Crippen LogP contribution in [0.1, 0.15) is 36.4 Å². The molecule has 0 saturated carbocycles. The number of ether oxygens (including phenoxy) is 1. The second-order valence-electron chi connectivity index (χ2n) is 5.82. The van der Waals surface area contributed by atoms with Crippen molar-refractivity contribution < 1.29 is 14.6 Å². The van der Waals surface area contributed by atoms with Gasteiger partial charge in [0.05, 0.1) is 24.7 Å². The summed E-state index contributed by atoms with van der Waals surface area (Å²) in [5.74, 6) is 0.0999. The fraction of sp³-hybridized carbons (Fsp3) is 0.533. The van der Waals surface area contributed by atoms with E-state index in [4.69, 9.17) is 4.74 Å². The number of fused-ring (bicyclic) bond motifs is 1. The molecule has 3 saturated heterocycles. The lowest BCUT2D eigenvalue weighted by Gasteiger charge is -2.31. The van der Waals surface area contributed by atoms with Gasteiger partial charge in [0, 0.05) is 0 Å². The number of carbonyl (C=O) groups is 1. The predicted molar refractivity (Wildman–Crippen MR) is 68.2 cm³/mol. The molecule has 0 radical (unpaired) electrons. The Hall–Kier alpha value is -1.39. The first-order valence-electron chi connectivity index (χ1n) is 6.91. The quantitative estimate of drug-likeness (QED) is 0.841. The molecule has 4 heteroatoms. The molecule has 1 spiro atoms. The van der Waals surface area contributed by atoms with E-state index in [9.17, 15) is 9.90 Å². The minimum absolute atomic E-state index is 0.00722. The number of benzene rings is 1. The highest BCUT2D eigenvalue weighted by molar-refractivity contribution is 5.84. The number of hydrogen-bond acceptors (Lipinski definition) is 3. The molecule has 1 aromatic rings. The summed E-state index contributed by atoms with van der Waals surface area (Å²) in [6.07, 6.45) is 3.08. The highest BCUT2D eigenvalue weighted by Gasteiger charge is 2.65. The summed E-state index contributed by atoms with van der Waals surface area (Å²) in [5.41, 5.74) is 1.51. The first kappa shape index (κ1) is 11.4. The molecule has 100 valence electrons. The predicted octanol–water partition coefficient (Wildman–Crippen LogP) is 1.29. The van der Waals surface area contributed by atoms with Crippen molar-refractivity contribution in [2.75, 3.05) is 0 Å². The van der Waals surface area contributed by atoms with Crippen LogP contribution in [0.4, 0.5) is 0 Å². The second-order valence-corrected chi connectivity index (χ2v) is 5.82. The summed E-state index contributed by atoms with van der Waals surface area (Å²) in [6, 6.07) is 7.65. The van der Waals surface area contributed by atoms with Crippen molar-refractivity contribution in [2.45, 2.75) is 43.6 Å². The minimum atomic E-state index is -0.368. The van der Waals surface area contributed by atoms with Crippen LogP contribution in [0.3, 0.4) is 0 Å². The number of aliphatic hydroxyl groups excluding tert-OH is 1. The van der Waals surface area contributed by atoms with E-state index in [-0.39, 0.29) is 36.2 Å². The molecular formula is C15H17NO3. The molecule has 3 aliphatic heterocycles. The van der Waals surface area contributed by atoms with Gasteiger partial charge in [0.15, 0.2) is 0 Å². The molecule has 0 aromatic heterocycles. The van der Waals surface area contributed by atoms with Gasteiger partial charge in [-0.2, -0.15) is 0 Å². The zero-order valence-electron chi connectivity index (χ0n) is 10.6. The van der Waals surface area contributed by atoms with Gasteiger partial charge in [0.25, 0.3) is 0 Å². The molecule has 1 amide bonds. The van der Waals surface area contributed by atoms with Crippen molar-refractivity contribution in [3.8, 4) is 0 Å². The van der Waals surface area contributed by atoms with E-state index in [0.717, 1.165) is 30.4 Å². The van der Waals surface area contributed by atoms with E-state index in [1.54, 1.807) is 0 Å². The normalized spacial score (nSPS) is 39.4. The molecule has 3 aliphatic rings. The smallest absolute Gasteiger partial charge is 0.226 e. The molecule has 2 bridgehead atoms. The highest BCUT2D eigenvalue weighted by Crippen LogP contribution is 2.57. The summed E-state index contributed by atoms with van der Waals surface area (Å²) < 4.78 is 6.16. The molecule has 3 heterocycles. The molecule has 19 heavy (non-hydrogen) atoms. The van der Waals surface area contributed by atoms with E-state index in [2.05, 4.69) is 5.32 Å². The van der Waals surface area contributed by atoms with Gasteiger partial charge in [-0.3, -0.25) is 4.79 Å². The Bertz CT molecular complexity index is 544. The summed E-state index contributed by atoms with van der Waals surface area (Å²) in [7, 11) is 0.